The normalized spacial score (nSPS) is 11.1. The third-order valence-electron chi connectivity index (χ3n) is 6.05. The molecule has 0 atom stereocenters. The van der Waals surface area contributed by atoms with Crippen LogP contribution in [0.1, 0.15) is 32.6 Å². The minimum absolute atomic E-state index is 0.213. The molecule has 0 aliphatic carbocycles. The second kappa shape index (κ2) is 11.0. The van der Waals surface area contributed by atoms with Crippen molar-refractivity contribution in [1.82, 2.24) is 14.9 Å². The van der Waals surface area contributed by atoms with E-state index >= 15 is 0 Å². The van der Waals surface area contributed by atoms with Gasteiger partial charge in [0.1, 0.15) is 11.6 Å². The monoisotopic (exact) mass is 513 g/mol. The predicted octanol–water partition coefficient (Wildman–Crippen LogP) is 6.89. The minimum Gasteiger partial charge on any atom is -0.348 e. The number of thioether (sulfide) groups is 1. The molecular formula is C30H25F2N3OS. The van der Waals surface area contributed by atoms with Crippen LogP contribution in [0.25, 0.3) is 11.0 Å². The lowest BCUT2D eigenvalue weighted by Gasteiger charge is -2.11. The highest BCUT2D eigenvalue weighted by molar-refractivity contribution is 7.98. The maximum atomic E-state index is 13.3. The Labute approximate surface area is 218 Å². The van der Waals surface area contributed by atoms with Crippen molar-refractivity contribution in [2.24, 2.45) is 0 Å². The summed E-state index contributed by atoms with van der Waals surface area (Å²) >= 11 is 1.58. The summed E-state index contributed by atoms with van der Waals surface area (Å²) in [7, 11) is 0. The third-order valence-corrected chi connectivity index (χ3v) is 7.09. The zero-order valence-electron chi connectivity index (χ0n) is 20.2. The lowest BCUT2D eigenvalue weighted by Crippen LogP contribution is -2.22. The molecule has 0 unspecified atom stereocenters. The smallest absolute Gasteiger partial charge is 0.251 e. The molecule has 5 rings (SSSR count). The molecule has 1 heterocycles. The number of carbonyl (C=O) groups excluding carboxylic acids is 1. The summed E-state index contributed by atoms with van der Waals surface area (Å²) in [5, 5.41) is 3.73. The fourth-order valence-corrected chi connectivity index (χ4v) is 5.08. The first-order chi connectivity index (χ1) is 17.9. The zero-order valence-corrected chi connectivity index (χ0v) is 21.1. The molecule has 0 aliphatic rings. The summed E-state index contributed by atoms with van der Waals surface area (Å²) in [6.07, 6.45) is 0. The standard InChI is InChI=1S/C30H25F2N3OS/c1-20-3-2-4-23(15-20)18-35-28-16-24(29(36)33-17-21-5-10-25(31)11-6-21)9-14-27(28)34-30(35)37-19-22-7-12-26(32)13-8-22/h2-16H,17-19H2,1H3,(H,33,36). The number of halogens is 2. The highest BCUT2D eigenvalue weighted by atomic mass is 32.2. The Bertz CT molecular complexity index is 1550. The van der Waals surface area contributed by atoms with Crippen molar-refractivity contribution in [2.45, 2.75) is 30.9 Å². The van der Waals surface area contributed by atoms with Crippen LogP contribution in [0.4, 0.5) is 8.78 Å². The van der Waals surface area contributed by atoms with Gasteiger partial charge >= 0.3 is 0 Å². The number of amides is 1. The van der Waals surface area contributed by atoms with E-state index in [1.807, 2.05) is 18.2 Å². The molecule has 4 aromatic carbocycles. The first-order valence-electron chi connectivity index (χ1n) is 11.9. The molecule has 1 amide bonds. The molecule has 1 N–H and O–H groups in total. The van der Waals surface area contributed by atoms with Gasteiger partial charge in [0, 0.05) is 17.9 Å². The van der Waals surface area contributed by atoms with E-state index in [4.69, 9.17) is 4.98 Å². The van der Waals surface area contributed by atoms with Gasteiger partial charge in [0.05, 0.1) is 17.6 Å². The van der Waals surface area contributed by atoms with E-state index in [1.54, 1.807) is 42.1 Å². The van der Waals surface area contributed by atoms with Gasteiger partial charge in [0.2, 0.25) is 0 Å². The quantitative estimate of drug-likeness (QED) is 0.230. The van der Waals surface area contributed by atoms with Crippen LogP contribution in [0.15, 0.2) is 96.2 Å². The van der Waals surface area contributed by atoms with Crippen molar-refractivity contribution in [1.29, 1.82) is 0 Å². The van der Waals surface area contributed by atoms with Crippen LogP contribution in [-0.4, -0.2) is 15.5 Å². The van der Waals surface area contributed by atoms with Gasteiger partial charge in [-0.3, -0.25) is 4.79 Å². The summed E-state index contributed by atoms with van der Waals surface area (Å²) in [5.41, 5.74) is 6.30. The number of nitrogens with zero attached hydrogens (tertiary/aromatic N) is 2. The van der Waals surface area contributed by atoms with Crippen molar-refractivity contribution >= 4 is 28.7 Å². The molecular weight excluding hydrogens is 488 g/mol. The average Bonchev–Trinajstić information content (AvgIpc) is 3.24. The molecule has 0 saturated carbocycles. The Hall–Kier alpha value is -3.97. The molecule has 1 aromatic heterocycles. The maximum Gasteiger partial charge on any atom is 0.251 e. The molecule has 37 heavy (non-hydrogen) atoms. The van der Waals surface area contributed by atoms with Crippen molar-refractivity contribution < 1.29 is 13.6 Å². The van der Waals surface area contributed by atoms with Gasteiger partial charge in [0.25, 0.3) is 5.91 Å². The van der Waals surface area contributed by atoms with E-state index < -0.39 is 0 Å². The number of hydrogen-bond acceptors (Lipinski definition) is 3. The van der Waals surface area contributed by atoms with Crippen LogP contribution in [0.5, 0.6) is 0 Å². The predicted molar refractivity (Wildman–Crippen MR) is 144 cm³/mol. The fraction of sp³-hybridized carbons (Fsp3) is 0.133. The lowest BCUT2D eigenvalue weighted by atomic mass is 10.1. The number of aromatic nitrogens is 2. The zero-order chi connectivity index (χ0) is 25.8. The molecule has 186 valence electrons. The highest BCUT2D eigenvalue weighted by Gasteiger charge is 2.15. The van der Waals surface area contributed by atoms with Gasteiger partial charge in [-0.2, -0.15) is 0 Å². The van der Waals surface area contributed by atoms with Crippen LogP contribution >= 0.6 is 11.8 Å². The van der Waals surface area contributed by atoms with Crippen LogP contribution in [0.3, 0.4) is 0 Å². The first-order valence-corrected chi connectivity index (χ1v) is 12.9. The van der Waals surface area contributed by atoms with Gasteiger partial charge in [-0.1, -0.05) is 65.9 Å². The number of rotatable bonds is 8. The molecule has 0 bridgehead atoms. The maximum absolute atomic E-state index is 13.3. The van der Waals surface area contributed by atoms with E-state index in [2.05, 4.69) is 35.0 Å². The first kappa shape index (κ1) is 24.7. The molecule has 0 fully saturated rings. The van der Waals surface area contributed by atoms with Gasteiger partial charge in [-0.25, -0.2) is 13.8 Å². The third kappa shape index (κ3) is 6.06. The molecule has 4 nitrogen and oxygen atoms in total. The number of aryl methyl sites for hydroxylation is 1. The summed E-state index contributed by atoms with van der Waals surface area (Å²) in [4.78, 5) is 17.8. The Kier molecular flexibility index (Phi) is 7.32. The average molecular weight is 514 g/mol. The summed E-state index contributed by atoms with van der Waals surface area (Å²) in [6, 6.07) is 26.3. The Morgan fingerprint density at radius 2 is 1.57 bits per heavy atom. The molecule has 0 aliphatic heterocycles. The highest BCUT2D eigenvalue weighted by Crippen LogP contribution is 2.29. The molecule has 0 saturated heterocycles. The number of hydrogen-bond donors (Lipinski definition) is 1. The van der Waals surface area contributed by atoms with Gasteiger partial charge in [-0.15, -0.1) is 0 Å². The minimum atomic E-state index is -0.310. The fourth-order valence-electron chi connectivity index (χ4n) is 4.11. The van der Waals surface area contributed by atoms with Gasteiger partial charge < -0.3 is 9.88 Å². The van der Waals surface area contributed by atoms with Gasteiger partial charge in [0.15, 0.2) is 5.16 Å². The number of carbonyl (C=O) groups is 1. The molecule has 7 heteroatoms. The van der Waals surface area contributed by atoms with Crippen LogP contribution in [0, 0.1) is 18.6 Å². The van der Waals surface area contributed by atoms with Crippen molar-refractivity contribution in [3.05, 3.63) is 130 Å². The van der Waals surface area contributed by atoms with Crippen molar-refractivity contribution in [2.75, 3.05) is 0 Å². The second-order valence-corrected chi connectivity index (χ2v) is 9.84. The van der Waals surface area contributed by atoms with E-state index in [9.17, 15) is 13.6 Å². The molecule has 5 aromatic rings. The summed E-state index contributed by atoms with van der Waals surface area (Å²) in [5.74, 6) is -0.140. The van der Waals surface area contributed by atoms with E-state index in [1.165, 1.54) is 29.8 Å². The Balaban J connectivity index is 1.43. The number of benzene rings is 4. The van der Waals surface area contributed by atoms with E-state index in [-0.39, 0.29) is 17.5 Å². The SMILES string of the molecule is Cc1cccc(Cn2c(SCc3ccc(F)cc3)nc3ccc(C(=O)NCc4ccc(F)cc4)cc32)c1. The van der Waals surface area contributed by atoms with Crippen molar-refractivity contribution in [3.8, 4) is 0 Å². The Morgan fingerprint density at radius 3 is 2.27 bits per heavy atom. The van der Waals surface area contributed by atoms with Crippen LogP contribution < -0.4 is 5.32 Å². The van der Waals surface area contributed by atoms with Crippen LogP contribution in [0.2, 0.25) is 0 Å². The van der Waals surface area contributed by atoms with E-state index in [0.717, 1.165) is 32.9 Å². The topological polar surface area (TPSA) is 46.9 Å². The van der Waals surface area contributed by atoms with E-state index in [0.29, 0.717) is 24.4 Å². The largest absolute Gasteiger partial charge is 0.348 e. The Morgan fingerprint density at radius 1 is 0.865 bits per heavy atom. The second-order valence-electron chi connectivity index (χ2n) is 8.90. The van der Waals surface area contributed by atoms with Crippen LogP contribution in [-0.2, 0) is 18.8 Å². The number of fused-ring (bicyclic) bond motifs is 1. The molecule has 0 radical (unpaired) electrons. The summed E-state index contributed by atoms with van der Waals surface area (Å²) < 4.78 is 28.6. The summed E-state index contributed by atoms with van der Waals surface area (Å²) in [6.45, 7) is 2.96. The number of imidazole rings is 1. The molecule has 0 spiro atoms. The number of nitrogens with one attached hydrogen (secondary N) is 1. The van der Waals surface area contributed by atoms with Crippen molar-refractivity contribution in [3.63, 3.8) is 0 Å². The lowest BCUT2D eigenvalue weighted by molar-refractivity contribution is 0.0951. The van der Waals surface area contributed by atoms with Gasteiger partial charge in [-0.05, 0) is 66.1 Å².